The van der Waals surface area contributed by atoms with Gasteiger partial charge in [-0.25, -0.2) is 4.39 Å². The molecule has 0 N–H and O–H groups in total. The highest BCUT2D eigenvalue weighted by molar-refractivity contribution is 7.86. The minimum absolute atomic E-state index is 0.0347. The van der Waals surface area contributed by atoms with E-state index < -0.39 is 21.9 Å². The topological polar surface area (TPSA) is 84.5 Å². The summed E-state index contributed by atoms with van der Waals surface area (Å²) < 4.78 is 42.8. The zero-order valence-electron chi connectivity index (χ0n) is 17.6. The molecule has 4 rings (SSSR count). The number of para-hydroxylation sites is 1. The van der Waals surface area contributed by atoms with Crippen molar-refractivity contribution in [3.8, 4) is 0 Å². The van der Waals surface area contributed by atoms with Crippen LogP contribution in [0.3, 0.4) is 0 Å². The van der Waals surface area contributed by atoms with Gasteiger partial charge < -0.3 is 14.7 Å². The molecule has 2 amide bonds. The van der Waals surface area contributed by atoms with Crippen LogP contribution in [0.15, 0.2) is 24.3 Å². The summed E-state index contributed by atoms with van der Waals surface area (Å²) in [6.07, 6.45) is 0.0347. The van der Waals surface area contributed by atoms with Gasteiger partial charge in [0.25, 0.3) is 10.2 Å². The molecule has 3 saturated heterocycles. The van der Waals surface area contributed by atoms with Crippen molar-refractivity contribution in [2.24, 2.45) is 5.92 Å². The first-order chi connectivity index (χ1) is 14.8. The summed E-state index contributed by atoms with van der Waals surface area (Å²) in [6, 6.07) is 6.03. The monoisotopic (exact) mass is 453 g/mol. The van der Waals surface area contributed by atoms with E-state index in [1.807, 2.05) is 7.05 Å². The first-order valence-corrected chi connectivity index (χ1v) is 11.9. The number of carbonyl (C=O) groups excluding carboxylic acids is 2. The van der Waals surface area contributed by atoms with E-state index in [2.05, 4.69) is 4.90 Å². The standard InChI is InChI=1S/C20H28FN5O4S/c1-22-6-10-24(11-7-22)31(29,30)25-12-8-23(9-13-25)20(28)16-14-19(27)26(15-16)18-5-3-2-4-17(18)21/h2-5,16H,6-15H2,1H3. The summed E-state index contributed by atoms with van der Waals surface area (Å²) >= 11 is 0. The third kappa shape index (κ3) is 4.45. The Bertz CT molecular complexity index is 943. The Morgan fingerprint density at radius 2 is 1.55 bits per heavy atom. The number of halogens is 1. The van der Waals surface area contributed by atoms with Crippen LogP contribution in [0.25, 0.3) is 0 Å². The van der Waals surface area contributed by atoms with E-state index in [-0.39, 0.29) is 56.6 Å². The lowest BCUT2D eigenvalue weighted by atomic mass is 10.1. The van der Waals surface area contributed by atoms with Crippen molar-refractivity contribution in [3.05, 3.63) is 30.1 Å². The molecule has 1 aromatic rings. The molecule has 0 bridgehead atoms. The van der Waals surface area contributed by atoms with Gasteiger partial charge in [-0.3, -0.25) is 9.59 Å². The van der Waals surface area contributed by atoms with Gasteiger partial charge in [0.2, 0.25) is 11.8 Å². The number of rotatable bonds is 4. The number of amides is 2. The van der Waals surface area contributed by atoms with Crippen molar-refractivity contribution in [1.82, 2.24) is 18.4 Å². The van der Waals surface area contributed by atoms with Gasteiger partial charge >= 0.3 is 0 Å². The van der Waals surface area contributed by atoms with Crippen LogP contribution >= 0.6 is 0 Å². The first-order valence-electron chi connectivity index (χ1n) is 10.5. The summed E-state index contributed by atoms with van der Waals surface area (Å²) in [5.41, 5.74) is 0.186. The van der Waals surface area contributed by atoms with Crippen LogP contribution in [-0.4, -0.2) is 105 Å². The fourth-order valence-corrected chi connectivity index (χ4v) is 5.93. The van der Waals surface area contributed by atoms with Crippen LogP contribution in [-0.2, 0) is 19.8 Å². The van der Waals surface area contributed by atoms with E-state index in [1.54, 1.807) is 17.0 Å². The maximum Gasteiger partial charge on any atom is 0.282 e. The lowest BCUT2D eigenvalue weighted by molar-refractivity contribution is -0.137. The third-order valence-electron chi connectivity index (χ3n) is 6.28. The number of piperazine rings is 2. The fraction of sp³-hybridized carbons (Fsp3) is 0.600. The predicted octanol–water partition coefficient (Wildman–Crippen LogP) is -0.185. The predicted molar refractivity (Wildman–Crippen MR) is 113 cm³/mol. The lowest BCUT2D eigenvalue weighted by Crippen LogP contribution is -2.57. The smallest absolute Gasteiger partial charge is 0.282 e. The van der Waals surface area contributed by atoms with E-state index in [4.69, 9.17) is 0 Å². The molecule has 170 valence electrons. The van der Waals surface area contributed by atoms with Crippen LogP contribution < -0.4 is 4.90 Å². The molecule has 3 aliphatic heterocycles. The lowest BCUT2D eigenvalue weighted by Gasteiger charge is -2.39. The molecule has 9 nitrogen and oxygen atoms in total. The Kier molecular flexibility index (Phi) is 6.29. The largest absolute Gasteiger partial charge is 0.340 e. The van der Waals surface area contributed by atoms with E-state index >= 15 is 0 Å². The fourth-order valence-electron chi connectivity index (χ4n) is 4.36. The second kappa shape index (κ2) is 8.81. The SMILES string of the molecule is CN1CCN(S(=O)(=O)N2CCN(C(=O)C3CC(=O)N(c4ccccc4F)C3)CC2)CC1. The van der Waals surface area contributed by atoms with Crippen molar-refractivity contribution in [3.63, 3.8) is 0 Å². The van der Waals surface area contributed by atoms with E-state index in [1.165, 1.54) is 25.6 Å². The summed E-state index contributed by atoms with van der Waals surface area (Å²) in [5, 5.41) is 0. The van der Waals surface area contributed by atoms with Crippen LogP contribution in [0.1, 0.15) is 6.42 Å². The average Bonchev–Trinajstić information content (AvgIpc) is 3.15. The minimum atomic E-state index is -3.54. The second-order valence-corrected chi connectivity index (χ2v) is 10.2. The summed E-state index contributed by atoms with van der Waals surface area (Å²) in [6.45, 7) is 3.51. The molecule has 3 fully saturated rings. The highest BCUT2D eigenvalue weighted by Crippen LogP contribution is 2.28. The molecule has 3 aliphatic rings. The summed E-state index contributed by atoms with van der Waals surface area (Å²) in [5.74, 6) is -1.50. The van der Waals surface area contributed by atoms with Gasteiger partial charge in [0.1, 0.15) is 5.82 Å². The van der Waals surface area contributed by atoms with Crippen molar-refractivity contribution < 1.29 is 22.4 Å². The highest BCUT2D eigenvalue weighted by Gasteiger charge is 2.40. The minimum Gasteiger partial charge on any atom is -0.340 e. The average molecular weight is 454 g/mol. The molecule has 11 heteroatoms. The number of hydrogen-bond acceptors (Lipinski definition) is 5. The maximum absolute atomic E-state index is 14.1. The molecular formula is C20H28FN5O4S. The molecule has 31 heavy (non-hydrogen) atoms. The number of anilines is 1. The van der Waals surface area contributed by atoms with Crippen LogP contribution in [0.4, 0.5) is 10.1 Å². The van der Waals surface area contributed by atoms with Gasteiger partial charge in [-0.05, 0) is 19.2 Å². The van der Waals surface area contributed by atoms with Gasteiger partial charge in [0, 0.05) is 65.3 Å². The van der Waals surface area contributed by atoms with Gasteiger partial charge in [0.05, 0.1) is 11.6 Å². The molecule has 1 aromatic carbocycles. The zero-order chi connectivity index (χ0) is 22.2. The number of nitrogens with zero attached hydrogens (tertiary/aromatic N) is 5. The van der Waals surface area contributed by atoms with Gasteiger partial charge in [-0.15, -0.1) is 0 Å². The Morgan fingerprint density at radius 3 is 2.16 bits per heavy atom. The molecule has 1 unspecified atom stereocenters. The molecule has 3 heterocycles. The number of hydrogen-bond donors (Lipinski definition) is 0. The number of likely N-dealkylation sites (N-methyl/N-ethyl adjacent to an activating group) is 1. The Morgan fingerprint density at radius 1 is 0.968 bits per heavy atom. The van der Waals surface area contributed by atoms with Crippen molar-refractivity contribution in [2.45, 2.75) is 6.42 Å². The second-order valence-electron chi connectivity index (χ2n) is 8.29. The highest BCUT2D eigenvalue weighted by atomic mass is 32.2. The van der Waals surface area contributed by atoms with Crippen molar-refractivity contribution >= 4 is 27.7 Å². The Balaban J connectivity index is 1.34. The van der Waals surface area contributed by atoms with Gasteiger partial charge in [0.15, 0.2) is 0 Å². The van der Waals surface area contributed by atoms with Crippen LogP contribution in [0, 0.1) is 11.7 Å². The normalized spacial score (nSPS) is 24.7. The van der Waals surface area contributed by atoms with Gasteiger partial charge in [-0.2, -0.15) is 17.0 Å². The van der Waals surface area contributed by atoms with Gasteiger partial charge in [-0.1, -0.05) is 12.1 Å². The van der Waals surface area contributed by atoms with E-state index in [0.717, 1.165) is 0 Å². The molecule has 0 aliphatic carbocycles. The molecule has 1 atom stereocenters. The Hall–Kier alpha value is -2.08. The number of carbonyl (C=O) groups is 2. The Labute approximate surface area is 182 Å². The molecular weight excluding hydrogens is 425 g/mol. The van der Waals surface area contributed by atoms with Crippen LogP contribution in [0.5, 0.6) is 0 Å². The van der Waals surface area contributed by atoms with E-state index in [9.17, 15) is 22.4 Å². The molecule has 0 aromatic heterocycles. The molecule has 0 saturated carbocycles. The maximum atomic E-state index is 14.1. The molecule has 0 radical (unpaired) electrons. The zero-order valence-corrected chi connectivity index (χ0v) is 18.4. The summed E-state index contributed by atoms with van der Waals surface area (Å²) in [7, 11) is -1.57. The third-order valence-corrected chi connectivity index (χ3v) is 8.32. The number of benzene rings is 1. The molecule has 0 spiro atoms. The van der Waals surface area contributed by atoms with Crippen molar-refractivity contribution in [1.29, 1.82) is 0 Å². The van der Waals surface area contributed by atoms with Crippen molar-refractivity contribution in [2.75, 3.05) is 70.9 Å². The summed E-state index contributed by atoms with van der Waals surface area (Å²) in [4.78, 5) is 30.4. The quantitative estimate of drug-likeness (QED) is 0.631. The first kappa shape index (κ1) is 22.1. The van der Waals surface area contributed by atoms with E-state index in [0.29, 0.717) is 26.2 Å². The van der Waals surface area contributed by atoms with Crippen LogP contribution in [0.2, 0.25) is 0 Å².